The Morgan fingerprint density at radius 1 is 0.778 bits per heavy atom. The second kappa shape index (κ2) is 10.6. The summed E-state index contributed by atoms with van der Waals surface area (Å²) in [5.74, 6) is -0.491. The first-order chi connectivity index (χ1) is 21.6. The predicted molar refractivity (Wildman–Crippen MR) is 157 cm³/mol. The zero-order chi connectivity index (χ0) is 31.5. The molecule has 0 aliphatic carbocycles. The highest BCUT2D eigenvalue weighted by Crippen LogP contribution is 2.46. The number of rotatable bonds is 6. The van der Waals surface area contributed by atoms with Gasteiger partial charge < -0.3 is 47.9 Å². The van der Waals surface area contributed by atoms with Crippen molar-refractivity contribution < 1.29 is 47.9 Å². The zero-order valence-corrected chi connectivity index (χ0v) is 23.0. The molecule has 13 heteroatoms. The molecule has 1 aliphatic rings. The van der Waals surface area contributed by atoms with Gasteiger partial charge in [0.1, 0.15) is 40.1 Å². The summed E-state index contributed by atoms with van der Waals surface area (Å²) in [6, 6.07) is 17.4. The third-order valence-corrected chi connectivity index (χ3v) is 7.50. The summed E-state index contributed by atoms with van der Waals surface area (Å²) in [4.78, 5) is 37.2. The molecule has 45 heavy (non-hydrogen) atoms. The van der Waals surface area contributed by atoms with Gasteiger partial charge in [-0.05, 0) is 54.6 Å². The highest BCUT2D eigenvalue weighted by molar-refractivity contribution is 6.05. The van der Waals surface area contributed by atoms with E-state index in [1.807, 2.05) is 0 Å². The third-order valence-electron chi connectivity index (χ3n) is 7.50. The van der Waals surface area contributed by atoms with Crippen molar-refractivity contribution in [2.45, 2.75) is 18.0 Å². The molecule has 3 atom stereocenters. The molecule has 7 rings (SSSR count). The Bertz CT molecular complexity index is 2300. The highest BCUT2D eigenvalue weighted by Gasteiger charge is 2.49. The minimum atomic E-state index is -1.99. The molecule has 3 aromatic carbocycles. The molecule has 0 saturated carbocycles. The van der Waals surface area contributed by atoms with Crippen molar-refractivity contribution in [1.82, 2.24) is 0 Å². The van der Waals surface area contributed by atoms with Crippen LogP contribution in [0.5, 0.6) is 23.0 Å². The first-order valence-corrected chi connectivity index (χ1v) is 13.5. The Hall–Kier alpha value is -5.47. The second-order valence-corrected chi connectivity index (χ2v) is 10.4. The number of aliphatic hydroxyl groups excluding tert-OH is 2. The standard InChI is InChI=1S/C32H22O13/c33-13-32(39)14-40-31(29(32)37)43-20-8-3-16-5-10-24(36)44-27(16)26(20)25-19(34)7-2-17-11-22(30(38)45-28(17)25)41-18-6-1-15-4-9-23(35)42-21(15)12-18/h1-12,29,31,33-34,37,39H,13-14H2. The maximum absolute atomic E-state index is 13.2. The summed E-state index contributed by atoms with van der Waals surface area (Å²) in [6.45, 7) is -1.24. The van der Waals surface area contributed by atoms with E-state index < -0.39 is 48.1 Å². The lowest BCUT2D eigenvalue weighted by atomic mass is 9.98. The summed E-state index contributed by atoms with van der Waals surface area (Å²) >= 11 is 0. The largest absolute Gasteiger partial charge is 0.507 e. The first-order valence-electron chi connectivity index (χ1n) is 13.5. The minimum absolute atomic E-state index is 0.0232. The molecule has 1 aliphatic heterocycles. The number of hydrogen-bond donors (Lipinski definition) is 4. The second-order valence-electron chi connectivity index (χ2n) is 10.4. The maximum atomic E-state index is 13.2. The summed E-state index contributed by atoms with van der Waals surface area (Å²) < 4.78 is 33.4. The molecular weight excluding hydrogens is 592 g/mol. The monoisotopic (exact) mass is 614 g/mol. The van der Waals surface area contributed by atoms with Gasteiger partial charge in [0.2, 0.25) is 12.0 Å². The number of benzene rings is 3. The molecule has 0 spiro atoms. The Balaban J connectivity index is 1.37. The van der Waals surface area contributed by atoms with E-state index in [1.165, 1.54) is 48.5 Å². The van der Waals surface area contributed by atoms with Crippen LogP contribution in [-0.2, 0) is 4.74 Å². The van der Waals surface area contributed by atoms with Crippen LogP contribution < -0.4 is 26.4 Å². The molecule has 4 N–H and O–H groups in total. The molecule has 3 aromatic heterocycles. The lowest BCUT2D eigenvalue weighted by molar-refractivity contribution is -0.115. The van der Waals surface area contributed by atoms with E-state index in [1.54, 1.807) is 24.3 Å². The van der Waals surface area contributed by atoms with Crippen LogP contribution in [0, 0.1) is 0 Å². The van der Waals surface area contributed by atoms with Crippen molar-refractivity contribution in [2.75, 3.05) is 13.2 Å². The number of fused-ring (bicyclic) bond motifs is 3. The van der Waals surface area contributed by atoms with Gasteiger partial charge in [0.25, 0.3) is 0 Å². The summed E-state index contributed by atoms with van der Waals surface area (Å²) in [5, 5.41) is 43.0. The lowest BCUT2D eigenvalue weighted by Crippen LogP contribution is -2.48. The Labute approximate surface area is 250 Å². The fraction of sp³-hybridized carbons (Fsp3) is 0.156. The van der Waals surface area contributed by atoms with Gasteiger partial charge in [0, 0.05) is 34.4 Å². The quantitative estimate of drug-likeness (QED) is 0.200. The SMILES string of the molecule is O=c1ccc2ccc(Oc3cc4ccc(O)c(-c5c(OC6OCC(O)(CO)C6O)ccc6ccc(=O)oc56)c4oc3=O)cc2o1. The molecule has 3 unspecified atom stereocenters. The Morgan fingerprint density at radius 2 is 1.47 bits per heavy atom. The van der Waals surface area contributed by atoms with Crippen LogP contribution in [0.15, 0.2) is 100 Å². The number of aromatic hydroxyl groups is 1. The first kappa shape index (κ1) is 28.3. The normalized spacial score (nSPS) is 19.8. The van der Waals surface area contributed by atoms with Crippen molar-refractivity contribution in [2.24, 2.45) is 0 Å². The van der Waals surface area contributed by atoms with Gasteiger partial charge in [-0.1, -0.05) is 0 Å². The van der Waals surface area contributed by atoms with Crippen LogP contribution in [0.2, 0.25) is 0 Å². The van der Waals surface area contributed by atoms with E-state index in [0.717, 1.165) is 0 Å². The van der Waals surface area contributed by atoms with Crippen molar-refractivity contribution in [3.63, 3.8) is 0 Å². The van der Waals surface area contributed by atoms with Crippen molar-refractivity contribution in [3.8, 4) is 34.1 Å². The molecule has 4 heterocycles. The molecule has 13 nitrogen and oxygen atoms in total. The van der Waals surface area contributed by atoms with Gasteiger partial charge in [0.05, 0.1) is 24.3 Å². The lowest BCUT2D eigenvalue weighted by Gasteiger charge is -2.24. The van der Waals surface area contributed by atoms with Gasteiger partial charge in [-0.2, -0.15) is 0 Å². The van der Waals surface area contributed by atoms with Gasteiger partial charge in [0.15, 0.2) is 5.58 Å². The van der Waals surface area contributed by atoms with E-state index in [2.05, 4.69) is 0 Å². The number of aliphatic hydroxyl groups is 3. The van der Waals surface area contributed by atoms with Crippen LogP contribution in [-0.4, -0.2) is 51.6 Å². The van der Waals surface area contributed by atoms with Gasteiger partial charge in [-0.3, -0.25) is 0 Å². The fourth-order valence-corrected chi connectivity index (χ4v) is 5.17. The average Bonchev–Trinajstić information content (AvgIpc) is 3.31. The molecule has 0 amide bonds. The van der Waals surface area contributed by atoms with Crippen LogP contribution >= 0.6 is 0 Å². The maximum Gasteiger partial charge on any atom is 0.379 e. The van der Waals surface area contributed by atoms with Crippen molar-refractivity contribution in [3.05, 3.63) is 104 Å². The van der Waals surface area contributed by atoms with Gasteiger partial charge >= 0.3 is 16.9 Å². The smallest absolute Gasteiger partial charge is 0.379 e. The van der Waals surface area contributed by atoms with E-state index in [-0.39, 0.29) is 56.3 Å². The summed E-state index contributed by atoms with van der Waals surface area (Å²) in [5.41, 5.74) is -4.25. The van der Waals surface area contributed by atoms with Gasteiger partial charge in [-0.15, -0.1) is 0 Å². The average molecular weight is 615 g/mol. The molecule has 1 saturated heterocycles. The van der Waals surface area contributed by atoms with E-state index in [9.17, 15) is 34.8 Å². The molecule has 1 fully saturated rings. The molecular formula is C32H22O13. The van der Waals surface area contributed by atoms with Gasteiger partial charge in [-0.25, -0.2) is 14.4 Å². The zero-order valence-electron chi connectivity index (χ0n) is 23.0. The van der Waals surface area contributed by atoms with E-state index in [4.69, 9.17) is 27.5 Å². The Morgan fingerprint density at radius 3 is 2.24 bits per heavy atom. The van der Waals surface area contributed by atoms with Crippen LogP contribution in [0.25, 0.3) is 44.0 Å². The Kier molecular flexibility index (Phi) is 6.67. The number of phenols is 1. The van der Waals surface area contributed by atoms with Crippen LogP contribution in [0.3, 0.4) is 0 Å². The minimum Gasteiger partial charge on any atom is -0.507 e. The van der Waals surface area contributed by atoms with Crippen LogP contribution in [0.1, 0.15) is 0 Å². The van der Waals surface area contributed by atoms with Crippen LogP contribution in [0.4, 0.5) is 0 Å². The summed E-state index contributed by atoms with van der Waals surface area (Å²) in [7, 11) is 0. The number of phenolic OH excluding ortho intramolecular Hbond substituents is 1. The van der Waals surface area contributed by atoms with Crippen molar-refractivity contribution >= 4 is 32.9 Å². The fourth-order valence-electron chi connectivity index (χ4n) is 5.17. The molecule has 0 radical (unpaired) electrons. The number of hydrogen-bond acceptors (Lipinski definition) is 13. The third kappa shape index (κ3) is 4.89. The number of ether oxygens (including phenoxy) is 3. The predicted octanol–water partition coefficient (Wildman–Crippen LogP) is 2.99. The molecule has 6 aromatic rings. The van der Waals surface area contributed by atoms with E-state index in [0.29, 0.717) is 10.8 Å². The summed E-state index contributed by atoms with van der Waals surface area (Å²) in [6.07, 6.45) is -3.14. The highest BCUT2D eigenvalue weighted by atomic mass is 16.7. The topological polar surface area (TPSA) is 199 Å². The van der Waals surface area contributed by atoms with E-state index >= 15 is 0 Å². The van der Waals surface area contributed by atoms with Crippen molar-refractivity contribution in [1.29, 1.82) is 0 Å². The molecule has 0 bridgehead atoms. The molecule has 228 valence electrons.